The van der Waals surface area contributed by atoms with Gasteiger partial charge in [0.2, 0.25) is 11.8 Å². The molecule has 32 heavy (non-hydrogen) atoms. The fourth-order valence-corrected chi connectivity index (χ4v) is 3.51. The van der Waals surface area contributed by atoms with E-state index in [1.165, 1.54) is 4.90 Å². The molecule has 7 nitrogen and oxygen atoms in total. The van der Waals surface area contributed by atoms with Crippen LogP contribution in [0.2, 0.25) is 0 Å². The highest BCUT2D eigenvalue weighted by molar-refractivity contribution is 6.06. The molecule has 4 aromatic rings. The third-order valence-corrected chi connectivity index (χ3v) is 5.27. The Morgan fingerprint density at radius 3 is 2.50 bits per heavy atom. The molecule has 0 fully saturated rings. The van der Waals surface area contributed by atoms with Gasteiger partial charge in [0.05, 0.1) is 25.9 Å². The number of nitrogens with zero attached hydrogens (tertiary/aromatic N) is 1. The Morgan fingerprint density at radius 1 is 1.00 bits per heavy atom. The van der Waals surface area contributed by atoms with Crippen LogP contribution in [0, 0.1) is 6.92 Å². The van der Waals surface area contributed by atoms with E-state index in [2.05, 4.69) is 10.6 Å². The lowest BCUT2D eigenvalue weighted by molar-refractivity contribution is -0.131. The summed E-state index contributed by atoms with van der Waals surface area (Å²) in [5.41, 5.74) is 3.94. The number of methoxy groups -OCH3 is 1. The molecule has 1 aromatic heterocycles. The number of furan rings is 1. The van der Waals surface area contributed by atoms with Gasteiger partial charge in [-0.3, -0.25) is 9.59 Å². The van der Waals surface area contributed by atoms with Gasteiger partial charge in [-0.05, 0) is 31.2 Å². The molecule has 7 heteroatoms. The van der Waals surface area contributed by atoms with Gasteiger partial charge in [-0.25, -0.2) is 0 Å². The number of carbonyl (C=O) groups excluding carboxylic acids is 2. The van der Waals surface area contributed by atoms with Crippen molar-refractivity contribution in [2.45, 2.75) is 6.92 Å². The quantitative estimate of drug-likeness (QED) is 0.453. The lowest BCUT2D eigenvalue weighted by Crippen LogP contribution is -2.38. The lowest BCUT2D eigenvalue weighted by atomic mass is 10.1. The summed E-state index contributed by atoms with van der Waals surface area (Å²) in [6, 6.07) is 19.0. The van der Waals surface area contributed by atoms with Crippen LogP contribution >= 0.6 is 0 Å². The third kappa shape index (κ3) is 4.51. The monoisotopic (exact) mass is 431 g/mol. The zero-order valence-electron chi connectivity index (χ0n) is 18.3. The van der Waals surface area contributed by atoms with Gasteiger partial charge in [0, 0.05) is 29.6 Å². The zero-order chi connectivity index (χ0) is 22.7. The number of rotatable bonds is 7. The molecule has 1 heterocycles. The van der Waals surface area contributed by atoms with Gasteiger partial charge in [0.15, 0.2) is 0 Å². The topological polar surface area (TPSA) is 83.8 Å². The van der Waals surface area contributed by atoms with Crippen LogP contribution in [-0.4, -0.2) is 44.0 Å². The molecular formula is C25H25N3O4. The van der Waals surface area contributed by atoms with Gasteiger partial charge in [0.25, 0.3) is 0 Å². The van der Waals surface area contributed by atoms with E-state index in [0.29, 0.717) is 22.7 Å². The first-order valence-corrected chi connectivity index (χ1v) is 10.3. The Kier molecular flexibility index (Phi) is 5.98. The van der Waals surface area contributed by atoms with E-state index in [0.717, 1.165) is 21.9 Å². The second kappa shape index (κ2) is 9.01. The number of para-hydroxylation sites is 1. The number of hydrogen-bond acceptors (Lipinski definition) is 5. The molecular weight excluding hydrogens is 406 g/mol. The van der Waals surface area contributed by atoms with Crippen LogP contribution < -0.4 is 15.4 Å². The van der Waals surface area contributed by atoms with E-state index in [1.54, 1.807) is 14.2 Å². The predicted molar refractivity (Wildman–Crippen MR) is 126 cm³/mol. The van der Waals surface area contributed by atoms with E-state index >= 15 is 0 Å². The molecule has 0 unspecified atom stereocenters. The molecule has 0 radical (unpaired) electrons. The van der Waals surface area contributed by atoms with Gasteiger partial charge in [-0.2, -0.15) is 0 Å². The molecule has 0 aliphatic rings. The maximum absolute atomic E-state index is 12.6. The second-order valence-corrected chi connectivity index (χ2v) is 7.66. The van der Waals surface area contributed by atoms with Crippen LogP contribution in [0.25, 0.3) is 21.9 Å². The first-order valence-electron chi connectivity index (χ1n) is 10.3. The van der Waals surface area contributed by atoms with Crippen molar-refractivity contribution in [3.63, 3.8) is 0 Å². The normalized spacial score (nSPS) is 10.8. The Balaban J connectivity index is 1.40. The minimum Gasteiger partial charge on any atom is -0.495 e. The molecule has 2 amide bonds. The van der Waals surface area contributed by atoms with Gasteiger partial charge in [-0.15, -0.1) is 0 Å². The molecule has 4 rings (SSSR count). The summed E-state index contributed by atoms with van der Waals surface area (Å²) in [5.74, 6) is 0.124. The standard InChI is InChI=1S/C25H25N3O4/c1-16-8-10-17(11-9-16)27-24(29)15-28(2)25(30)14-26-20-13-22-19(12-23(20)31-3)18-6-4-5-7-21(18)32-22/h4-13,26H,14-15H2,1-3H3,(H,27,29). The van der Waals surface area contributed by atoms with Crippen LogP contribution in [0.4, 0.5) is 11.4 Å². The van der Waals surface area contributed by atoms with Crippen LogP contribution in [0.3, 0.4) is 0 Å². The molecule has 0 atom stereocenters. The summed E-state index contributed by atoms with van der Waals surface area (Å²) in [6.07, 6.45) is 0. The molecule has 0 saturated carbocycles. The van der Waals surface area contributed by atoms with Crippen molar-refractivity contribution in [2.24, 2.45) is 0 Å². The number of likely N-dealkylation sites (N-methyl/N-ethyl adjacent to an activating group) is 1. The first-order chi connectivity index (χ1) is 15.4. The third-order valence-electron chi connectivity index (χ3n) is 5.27. The van der Waals surface area contributed by atoms with Crippen molar-refractivity contribution in [3.05, 3.63) is 66.2 Å². The van der Waals surface area contributed by atoms with Crippen molar-refractivity contribution >= 4 is 45.1 Å². The van der Waals surface area contributed by atoms with E-state index in [-0.39, 0.29) is 24.9 Å². The van der Waals surface area contributed by atoms with Crippen LogP contribution in [0.5, 0.6) is 5.75 Å². The van der Waals surface area contributed by atoms with Gasteiger partial charge < -0.3 is 24.7 Å². The minimum atomic E-state index is -0.258. The van der Waals surface area contributed by atoms with E-state index in [4.69, 9.17) is 9.15 Å². The summed E-state index contributed by atoms with van der Waals surface area (Å²) in [6.45, 7) is 1.94. The van der Waals surface area contributed by atoms with Crippen LogP contribution in [-0.2, 0) is 9.59 Å². The number of amides is 2. The number of hydrogen-bond donors (Lipinski definition) is 2. The van der Waals surface area contributed by atoms with Crippen molar-refractivity contribution < 1.29 is 18.7 Å². The number of benzene rings is 3. The molecule has 3 aromatic carbocycles. The average Bonchev–Trinajstić information content (AvgIpc) is 3.15. The predicted octanol–water partition coefficient (Wildman–Crippen LogP) is 4.41. The van der Waals surface area contributed by atoms with Crippen LogP contribution in [0.15, 0.2) is 65.1 Å². The Labute approximate surface area is 185 Å². The Hall–Kier alpha value is -4.00. The number of aryl methyl sites for hydroxylation is 1. The van der Waals surface area contributed by atoms with Crippen LogP contribution in [0.1, 0.15) is 5.56 Å². The van der Waals surface area contributed by atoms with E-state index in [9.17, 15) is 9.59 Å². The molecule has 0 aliphatic carbocycles. The van der Waals surface area contributed by atoms with Crippen molar-refractivity contribution in [1.82, 2.24) is 4.90 Å². The van der Waals surface area contributed by atoms with E-state index < -0.39 is 0 Å². The number of nitrogens with one attached hydrogen (secondary N) is 2. The maximum atomic E-state index is 12.6. The molecule has 0 saturated heterocycles. The van der Waals surface area contributed by atoms with Gasteiger partial charge in [0.1, 0.15) is 16.9 Å². The largest absolute Gasteiger partial charge is 0.495 e. The highest BCUT2D eigenvalue weighted by Crippen LogP contribution is 2.36. The molecule has 0 bridgehead atoms. The number of anilines is 2. The number of carbonyl (C=O) groups is 2. The summed E-state index contributed by atoms with van der Waals surface area (Å²) < 4.78 is 11.4. The molecule has 0 aliphatic heterocycles. The summed E-state index contributed by atoms with van der Waals surface area (Å²) in [5, 5.41) is 7.84. The smallest absolute Gasteiger partial charge is 0.243 e. The van der Waals surface area contributed by atoms with Crippen molar-refractivity contribution in [1.29, 1.82) is 0 Å². The highest BCUT2D eigenvalue weighted by atomic mass is 16.5. The Bertz CT molecular complexity index is 1280. The molecule has 0 spiro atoms. The second-order valence-electron chi connectivity index (χ2n) is 7.66. The fraction of sp³-hybridized carbons (Fsp3) is 0.200. The first kappa shape index (κ1) is 21.2. The lowest BCUT2D eigenvalue weighted by Gasteiger charge is -2.18. The summed E-state index contributed by atoms with van der Waals surface area (Å²) >= 11 is 0. The number of fused-ring (bicyclic) bond motifs is 3. The number of ether oxygens (including phenoxy) is 1. The average molecular weight is 431 g/mol. The van der Waals surface area contributed by atoms with E-state index in [1.807, 2.05) is 67.6 Å². The zero-order valence-corrected chi connectivity index (χ0v) is 18.3. The molecule has 2 N–H and O–H groups in total. The minimum absolute atomic E-state index is 0.0103. The molecule has 164 valence electrons. The maximum Gasteiger partial charge on any atom is 0.243 e. The Morgan fingerprint density at radius 2 is 1.75 bits per heavy atom. The SMILES string of the molecule is COc1cc2c(cc1NCC(=O)N(C)CC(=O)Nc1ccc(C)cc1)oc1ccccc12. The van der Waals surface area contributed by atoms with Gasteiger partial charge >= 0.3 is 0 Å². The summed E-state index contributed by atoms with van der Waals surface area (Å²) in [4.78, 5) is 26.2. The highest BCUT2D eigenvalue weighted by Gasteiger charge is 2.16. The van der Waals surface area contributed by atoms with Crippen molar-refractivity contribution in [2.75, 3.05) is 37.9 Å². The van der Waals surface area contributed by atoms with Crippen molar-refractivity contribution in [3.8, 4) is 5.75 Å². The summed E-state index contributed by atoms with van der Waals surface area (Å²) in [7, 11) is 3.18. The fourth-order valence-electron chi connectivity index (χ4n) is 3.51. The van der Waals surface area contributed by atoms with Gasteiger partial charge in [-0.1, -0.05) is 35.9 Å².